The Morgan fingerprint density at radius 1 is 1.38 bits per heavy atom. The molecular formula is C15H19Cl2N3O. The van der Waals surface area contributed by atoms with Gasteiger partial charge in [0.25, 0.3) is 0 Å². The highest BCUT2D eigenvalue weighted by Gasteiger charge is 2.15. The number of halogens is 2. The van der Waals surface area contributed by atoms with Gasteiger partial charge in [0.15, 0.2) is 0 Å². The summed E-state index contributed by atoms with van der Waals surface area (Å²) in [5, 5.41) is 5.68. The van der Waals surface area contributed by atoms with Crippen molar-refractivity contribution in [3.63, 3.8) is 0 Å². The number of ether oxygens (including phenoxy) is 1. The SMILES string of the molecule is CCc1nn(C)c(COc2ccc(Cl)cc2[C@@H](C)N)c1Cl. The first kappa shape index (κ1) is 16.1. The number of aryl methyl sites for hydroxylation is 2. The van der Waals surface area contributed by atoms with Crippen LogP contribution in [0.3, 0.4) is 0 Å². The fraction of sp³-hybridized carbons (Fsp3) is 0.400. The van der Waals surface area contributed by atoms with Crippen molar-refractivity contribution in [3.8, 4) is 5.75 Å². The standard InChI is InChI=1S/C15H19Cl2N3O/c1-4-12-15(17)13(20(3)19-12)8-21-14-6-5-10(16)7-11(14)9(2)18/h5-7,9H,4,8,18H2,1-3H3/t9-/m1/s1. The van der Waals surface area contributed by atoms with Gasteiger partial charge in [0, 0.05) is 23.7 Å². The highest BCUT2D eigenvalue weighted by atomic mass is 35.5. The van der Waals surface area contributed by atoms with Gasteiger partial charge in [-0.05, 0) is 31.5 Å². The predicted molar refractivity (Wildman–Crippen MR) is 86.0 cm³/mol. The van der Waals surface area contributed by atoms with E-state index in [1.165, 1.54) is 0 Å². The van der Waals surface area contributed by atoms with E-state index in [9.17, 15) is 0 Å². The van der Waals surface area contributed by atoms with E-state index >= 15 is 0 Å². The minimum absolute atomic E-state index is 0.160. The first-order chi connectivity index (χ1) is 9.93. The summed E-state index contributed by atoms with van der Waals surface area (Å²) in [6.07, 6.45) is 0.790. The van der Waals surface area contributed by atoms with Crippen molar-refractivity contribution in [1.29, 1.82) is 0 Å². The molecule has 1 atom stereocenters. The zero-order chi connectivity index (χ0) is 15.6. The highest BCUT2D eigenvalue weighted by molar-refractivity contribution is 6.32. The Balaban J connectivity index is 2.23. The van der Waals surface area contributed by atoms with E-state index in [1.54, 1.807) is 10.7 Å². The molecule has 0 bridgehead atoms. The van der Waals surface area contributed by atoms with E-state index in [1.807, 2.05) is 33.0 Å². The molecule has 2 aromatic rings. The molecule has 0 saturated heterocycles. The maximum absolute atomic E-state index is 6.31. The maximum atomic E-state index is 6.31. The average molecular weight is 328 g/mol. The molecule has 2 N–H and O–H groups in total. The summed E-state index contributed by atoms with van der Waals surface area (Å²) >= 11 is 12.3. The largest absolute Gasteiger partial charge is 0.487 e. The van der Waals surface area contributed by atoms with Crippen molar-refractivity contribution in [3.05, 3.63) is 45.2 Å². The normalized spacial score (nSPS) is 12.5. The molecule has 21 heavy (non-hydrogen) atoms. The number of hydrogen-bond donors (Lipinski definition) is 1. The molecule has 0 spiro atoms. The molecule has 0 aliphatic carbocycles. The van der Waals surface area contributed by atoms with Crippen LogP contribution in [0.25, 0.3) is 0 Å². The summed E-state index contributed by atoms with van der Waals surface area (Å²) in [4.78, 5) is 0. The average Bonchev–Trinajstić information content (AvgIpc) is 2.72. The van der Waals surface area contributed by atoms with Crippen LogP contribution in [0, 0.1) is 0 Å². The lowest BCUT2D eigenvalue weighted by Gasteiger charge is -2.14. The molecule has 0 aliphatic rings. The Morgan fingerprint density at radius 2 is 2.10 bits per heavy atom. The van der Waals surface area contributed by atoms with Crippen molar-refractivity contribution in [2.24, 2.45) is 12.8 Å². The Hall–Kier alpha value is -1.23. The number of hydrogen-bond acceptors (Lipinski definition) is 3. The van der Waals surface area contributed by atoms with Gasteiger partial charge in [-0.2, -0.15) is 5.10 Å². The first-order valence-electron chi connectivity index (χ1n) is 6.82. The summed E-state index contributed by atoms with van der Waals surface area (Å²) in [7, 11) is 1.86. The van der Waals surface area contributed by atoms with E-state index in [2.05, 4.69) is 5.10 Å². The summed E-state index contributed by atoms with van der Waals surface area (Å²) < 4.78 is 7.63. The summed E-state index contributed by atoms with van der Waals surface area (Å²) in [6, 6.07) is 5.27. The van der Waals surface area contributed by atoms with Crippen LogP contribution < -0.4 is 10.5 Å². The van der Waals surface area contributed by atoms with Crippen molar-refractivity contribution in [1.82, 2.24) is 9.78 Å². The minimum Gasteiger partial charge on any atom is -0.487 e. The zero-order valence-corrected chi connectivity index (χ0v) is 13.9. The lowest BCUT2D eigenvalue weighted by molar-refractivity contribution is 0.290. The second-order valence-corrected chi connectivity index (χ2v) is 5.76. The molecule has 6 heteroatoms. The van der Waals surface area contributed by atoms with Crippen LogP contribution in [0.2, 0.25) is 10.0 Å². The van der Waals surface area contributed by atoms with Crippen LogP contribution in [0.1, 0.15) is 36.8 Å². The van der Waals surface area contributed by atoms with E-state index in [-0.39, 0.29) is 6.04 Å². The van der Waals surface area contributed by atoms with Gasteiger partial charge in [0.05, 0.1) is 16.4 Å². The molecule has 4 nitrogen and oxygen atoms in total. The smallest absolute Gasteiger partial charge is 0.131 e. The second-order valence-electron chi connectivity index (χ2n) is 4.94. The summed E-state index contributed by atoms with van der Waals surface area (Å²) in [5.41, 5.74) is 8.55. The van der Waals surface area contributed by atoms with Crippen LogP contribution in [0.5, 0.6) is 5.75 Å². The number of benzene rings is 1. The minimum atomic E-state index is -0.160. The molecule has 0 fully saturated rings. The Kier molecular flexibility index (Phi) is 5.14. The van der Waals surface area contributed by atoms with Gasteiger partial charge >= 0.3 is 0 Å². The van der Waals surface area contributed by atoms with E-state index < -0.39 is 0 Å². The third-order valence-electron chi connectivity index (χ3n) is 3.33. The van der Waals surface area contributed by atoms with Gasteiger partial charge < -0.3 is 10.5 Å². The lowest BCUT2D eigenvalue weighted by atomic mass is 10.1. The van der Waals surface area contributed by atoms with Crippen LogP contribution in [-0.4, -0.2) is 9.78 Å². The molecule has 0 aliphatic heterocycles. The predicted octanol–water partition coefficient (Wildman–Crippen LogP) is 3.89. The number of nitrogens with two attached hydrogens (primary N) is 1. The topological polar surface area (TPSA) is 53.1 Å². The molecule has 1 aromatic heterocycles. The second kappa shape index (κ2) is 6.69. The third kappa shape index (κ3) is 3.51. The molecule has 0 radical (unpaired) electrons. The quantitative estimate of drug-likeness (QED) is 0.906. The Labute approximate surface area is 134 Å². The monoisotopic (exact) mass is 327 g/mol. The molecular weight excluding hydrogens is 309 g/mol. The number of rotatable bonds is 5. The number of aromatic nitrogens is 2. The summed E-state index contributed by atoms with van der Waals surface area (Å²) in [5.74, 6) is 0.713. The number of nitrogens with zero attached hydrogens (tertiary/aromatic N) is 2. The van der Waals surface area contributed by atoms with Gasteiger partial charge in [-0.25, -0.2) is 0 Å². The van der Waals surface area contributed by atoms with E-state index in [0.29, 0.717) is 22.4 Å². The van der Waals surface area contributed by atoms with E-state index in [0.717, 1.165) is 23.4 Å². The van der Waals surface area contributed by atoms with Gasteiger partial charge in [-0.15, -0.1) is 0 Å². The van der Waals surface area contributed by atoms with Crippen molar-refractivity contribution < 1.29 is 4.74 Å². The fourth-order valence-corrected chi connectivity index (χ4v) is 2.66. The maximum Gasteiger partial charge on any atom is 0.131 e. The van der Waals surface area contributed by atoms with Crippen LogP contribution in [0.15, 0.2) is 18.2 Å². The summed E-state index contributed by atoms with van der Waals surface area (Å²) in [6.45, 7) is 4.25. The van der Waals surface area contributed by atoms with Crippen molar-refractivity contribution in [2.45, 2.75) is 32.9 Å². The van der Waals surface area contributed by atoms with Gasteiger partial charge in [-0.1, -0.05) is 30.1 Å². The molecule has 1 aromatic carbocycles. The first-order valence-corrected chi connectivity index (χ1v) is 7.57. The fourth-order valence-electron chi connectivity index (χ4n) is 2.13. The van der Waals surface area contributed by atoms with Gasteiger partial charge in [-0.3, -0.25) is 4.68 Å². The van der Waals surface area contributed by atoms with Crippen molar-refractivity contribution >= 4 is 23.2 Å². The van der Waals surface area contributed by atoms with E-state index in [4.69, 9.17) is 33.7 Å². The lowest BCUT2D eigenvalue weighted by Crippen LogP contribution is -2.09. The van der Waals surface area contributed by atoms with Crippen LogP contribution in [-0.2, 0) is 20.1 Å². The van der Waals surface area contributed by atoms with Crippen molar-refractivity contribution in [2.75, 3.05) is 0 Å². The van der Waals surface area contributed by atoms with Gasteiger partial charge in [0.1, 0.15) is 12.4 Å². The van der Waals surface area contributed by atoms with Crippen LogP contribution >= 0.6 is 23.2 Å². The molecule has 114 valence electrons. The Morgan fingerprint density at radius 3 is 2.67 bits per heavy atom. The highest BCUT2D eigenvalue weighted by Crippen LogP contribution is 2.29. The molecule has 0 amide bonds. The third-order valence-corrected chi connectivity index (χ3v) is 4.00. The molecule has 1 heterocycles. The molecule has 0 saturated carbocycles. The van der Waals surface area contributed by atoms with Crippen LogP contribution in [0.4, 0.5) is 0 Å². The molecule has 2 rings (SSSR count). The Bertz CT molecular complexity index is 638. The molecule has 0 unspecified atom stereocenters. The zero-order valence-electron chi connectivity index (χ0n) is 12.4. The van der Waals surface area contributed by atoms with Gasteiger partial charge in [0.2, 0.25) is 0 Å².